The highest BCUT2D eigenvalue weighted by atomic mass is 16.5. The van der Waals surface area contributed by atoms with Crippen molar-refractivity contribution in [1.29, 1.82) is 0 Å². The van der Waals surface area contributed by atoms with Crippen molar-refractivity contribution in [3.8, 4) is 0 Å². The van der Waals surface area contributed by atoms with Crippen LogP contribution in [0.1, 0.15) is 115 Å². The zero-order valence-electron chi connectivity index (χ0n) is 28.2. The number of hydrogen-bond donors (Lipinski definition) is 1. The molecule has 0 aromatic carbocycles. The van der Waals surface area contributed by atoms with E-state index in [1.54, 1.807) is 5.57 Å². The third-order valence-electron chi connectivity index (χ3n) is 15.1. The molecule has 41 heavy (non-hydrogen) atoms. The van der Waals surface area contributed by atoms with Crippen molar-refractivity contribution >= 4 is 0 Å². The first kappa shape index (κ1) is 30.2. The molecule has 2 saturated carbocycles. The van der Waals surface area contributed by atoms with Gasteiger partial charge in [-0.1, -0.05) is 74.0 Å². The Balaban J connectivity index is 1.34. The molecule has 6 unspecified atom stereocenters. The van der Waals surface area contributed by atoms with Crippen LogP contribution in [0.4, 0.5) is 0 Å². The molecule has 0 radical (unpaired) electrons. The van der Waals surface area contributed by atoms with E-state index < -0.39 is 0 Å². The quantitative estimate of drug-likeness (QED) is 0.300. The van der Waals surface area contributed by atoms with Crippen LogP contribution in [0.25, 0.3) is 0 Å². The first-order chi connectivity index (χ1) is 19.0. The zero-order chi connectivity index (χ0) is 30.0. The molecule has 6 rings (SSSR count). The van der Waals surface area contributed by atoms with E-state index in [2.05, 4.69) is 88.3 Å². The monoisotopic (exact) mass is 567 g/mol. The Morgan fingerprint density at radius 1 is 1.10 bits per heavy atom. The van der Waals surface area contributed by atoms with Crippen LogP contribution < -0.4 is 5.73 Å². The highest BCUT2D eigenvalue weighted by molar-refractivity contribution is 5.47. The Kier molecular flexibility index (Phi) is 6.88. The Morgan fingerprint density at radius 2 is 1.80 bits per heavy atom. The maximum absolute atomic E-state index is 6.82. The fourth-order valence-corrected chi connectivity index (χ4v) is 11.3. The molecule has 1 spiro atoms. The number of nitrogens with two attached hydrogens (primary N) is 1. The maximum atomic E-state index is 6.82. The van der Waals surface area contributed by atoms with Crippen molar-refractivity contribution in [2.45, 2.75) is 138 Å². The van der Waals surface area contributed by atoms with Gasteiger partial charge >= 0.3 is 0 Å². The van der Waals surface area contributed by atoms with Crippen LogP contribution in [0.2, 0.25) is 0 Å². The average molecular weight is 568 g/mol. The van der Waals surface area contributed by atoms with Gasteiger partial charge in [0.15, 0.2) is 0 Å². The summed E-state index contributed by atoms with van der Waals surface area (Å²) < 4.78 is 20.3. The summed E-state index contributed by atoms with van der Waals surface area (Å²) in [5.74, 6) is 4.70. The minimum Gasteiger partial charge on any atom is -0.490 e. The standard InChI is InChI=1S/C37H61NO3/c1-12-30(40-21-34(10,38)23(4)5)32(8)20-39-25(7)35(11)27-15-16-36-19-28-31(36)37(41-28,24(6)22(2)3)18-17-33(36,9)26(27)13-14-29(32)35/h15,19,22-26,29-31H,12-14,16-18,20-21,38H2,1-11H3/t24-,25?,26?,29?,30?,31+,32+,33?,34+,35?,36-,37+/m1/s1. The molecule has 12 atom stereocenters. The number of fused-ring (bicyclic) bond motifs is 4. The van der Waals surface area contributed by atoms with Crippen LogP contribution in [0.5, 0.6) is 0 Å². The van der Waals surface area contributed by atoms with Gasteiger partial charge in [-0.15, -0.1) is 0 Å². The molecular formula is C37H61NO3. The fraction of sp³-hybridized carbons (Fsp3) is 0.892. The number of hydrogen-bond acceptors (Lipinski definition) is 4. The third-order valence-corrected chi connectivity index (χ3v) is 15.1. The van der Waals surface area contributed by atoms with Gasteiger partial charge in [-0.2, -0.15) is 0 Å². The van der Waals surface area contributed by atoms with Crippen LogP contribution in [0, 0.1) is 57.2 Å². The molecule has 4 nitrogen and oxygen atoms in total. The van der Waals surface area contributed by atoms with Gasteiger partial charge in [-0.05, 0) is 93.5 Å². The van der Waals surface area contributed by atoms with Crippen molar-refractivity contribution in [3.05, 3.63) is 23.5 Å². The largest absolute Gasteiger partial charge is 0.490 e. The van der Waals surface area contributed by atoms with Gasteiger partial charge in [0.25, 0.3) is 0 Å². The van der Waals surface area contributed by atoms with Gasteiger partial charge in [0.05, 0.1) is 31.3 Å². The maximum Gasteiger partial charge on any atom is 0.122 e. The summed E-state index contributed by atoms with van der Waals surface area (Å²) in [7, 11) is 0. The molecule has 2 heterocycles. The van der Waals surface area contributed by atoms with Gasteiger partial charge < -0.3 is 19.9 Å². The SMILES string of the molecule is CCC(OC[C@](C)(N)C(C)C)[C@@]1(C)COC(C)C2(C)C3=CC[C@]45C=C6O[C@]([C@H](C)C(C)C)(CCC4(C)C3CCC21)[C@@H]65. The second kappa shape index (κ2) is 9.33. The highest BCUT2D eigenvalue weighted by Crippen LogP contribution is 2.80. The molecule has 0 bridgehead atoms. The first-order valence-electron chi connectivity index (χ1n) is 17.2. The van der Waals surface area contributed by atoms with Crippen LogP contribution in [0.15, 0.2) is 23.5 Å². The van der Waals surface area contributed by atoms with E-state index in [9.17, 15) is 0 Å². The number of rotatable bonds is 8. The third kappa shape index (κ3) is 3.62. The van der Waals surface area contributed by atoms with Crippen LogP contribution >= 0.6 is 0 Å². The molecule has 2 N–H and O–H groups in total. The van der Waals surface area contributed by atoms with Gasteiger partial charge in [0.2, 0.25) is 0 Å². The molecule has 0 amide bonds. The van der Waals surface area contributed by atoms with Crippen molar-refractivity contribution in [2.75, 3.05) is 13.2 Å². The lowest BCUT2D eigenvalue weighted by Gasteiger charge is -2.77. The lowest BCUT2D eigenvalue weighted by atomic mass is 9.32. The predicted octanol–water partition coefficient (Wildman–Crippen LogP) is 8.30. The van der Waals surface area contributed by atoms with E-state index in [0.717, 1.165) is 13.0 Å². The first-order valence-corrected chi connectivity index (χ1v) is 17.2. The summed E-state index contributed by atoms with van der Waals surface area (Å²) in [6.45, 7) is 27.5. The molecule has 2 aliphatic heterocycles. The molecule has 0 aromatic heterocycles. The highest BCUT2D eigenvalue weighted by Gasteiger charge is 2.78. The van der Waals surface area contributed by atoms with Crippen molar-refractivity contribution in [3.63, 3.8) is 0 Å². The van der Waals surface area contributed by atoms with E-state index in [1.165, 1.54) is 37.9 Å². The predicted molar refractivity (Wildman–Crippen MR) is 167 cm³/mol. The van der Waals surface area contributed by atoms with Gasteiger partial charge in [0.1, 0.15) is 11.4 Å². The molecule has 232 valence electrons. The molecule has 6 aliphatic rings. The molecule has 4 aliphatic carbocycles. The summed E-state index contributed by atoms with van der Waals surface area (Å²) in [6, 6.07) is 0. The summed E-state index contributed by atoms with van der Waals surface area (Å²) in [5.41, 5.74) is 8.67. The van der Waals surface area contributed by atoms with Crippen molar-refractivity contribution in [2.24, 2.45) is 62.9 Å². The summed E-state index contributed by atoms with van der Waals surface area (Å²) >= 11 is 0. The van der Waals surface area contributed by atoms with E-state index in [0.29, 0.717) is 42.1 Å². The lowest BCUT2D eigenvalue weighted by molar-refractivity contribution is -0.305. The van der Waals surface area contributed by atoms with Crippen LogP contribution in [0.3, 0.4) is 0 Å². The van der Waals surface area contributed by atoms with Gasteiger partial charge in [-0.3, -0.25) is 0 Å². The normalized spacial score (nSPS) is 49.0. The molecule has 2 saturated heterocycles. The molecule has 0 aromatic rings. The average Bonchev–Trinajstić information content (AvgIpc) is 2.88. The summed E-state index contributed by atoms with van der Waals surface area (Å²) in [6.07, 6.45) is 12.8. The van der Waals surface area contributed by atoms with Crippen molar-refractivity contribution in [1.82, 2.24) is 0 Å². The van der Waals surface area contributed by atoms with Crippen molar-refractivity contribution < 1.29 is 14.2 Å². The molecule has 4 heteroatoms. The number of ether oxygens (including phenoxy) is 3. The lowest BCUT2D eigenvalue weighted by Crippen LogP contribution is -2.76. The molecule has 4 fully saturated rings. The second-order valence-electron chi connectivity index (χ2n) is 17.2. The van der Waals surface area contributed by atoms with E-state index in [1.807, 2.05) is 0 Å². The topological polar surface area (TPSA) is 53.7 Å². The van der Waals surface area contributed by atoms with Crippen LogP contribution in [-0.4, -0.2) is 36.6 Å². The smallest absolute Gasteiger partial charge is 0.122 e. The summed E-state index contributed by atoms with van der Waals surface area (Å²) in [4.78, 5) is 0. The van der Waals surface area contributed by atoms with E-state index in [4.69, 9.17) is 19.9 Å². The zero-order valence-corrected chi connectivity index (χ0v) is 28.2. The number of allylic oxidation sites excluding steroid dienone is 2. The molecular weight excluding hydrogens is 506 g/mol. The van der Waals surface area contributed by atoms with Gasteiger partial charge in [0, 0.05) is 21.8 Å². The Hall–Kier alpha value is -0.840. The minimum absolute atomic E-state index is 0.0214. The summed E-state index contributed by atoms with van der Waals surface area (Å²) in [5, 5.41) is 0. The van der Waals surface area contributed by atoms with E-state index in [-0.39, 0.29) is 45.0 Å². The Morgan fingerprint density at radius 3 is 2.41 bits per heavy atom. The Bertz CT molecular complexity index is 1120. The minimum atomic E-state index is -0.327. The van der Waals surface area contributed by atoms with Gasteiger partial charge in [-0.25, -0.2) is 0 Å². The van der Waals surface area contributed by atoms with Crippen LogP contribution in [-0.2, 0) is 14.2 Å². The van der Waals surface area contributed by atoms with E-state index >= 15 is 0 Å². The Labute approximate surface area is 251 Å². The second-order valence-corrected chi connectivity index (χ2v) is 17.2. The fourth-order valence-electron chi connectivity index (χ4n) is 11.3.